The fraction of sp³-hybridized carbons (Fsp3) is 0.222. The summed E-state index contributed by atoms with van der Waals surface area (Å²) < 4.78 is 9.39. The molecule has 70 valence electrons. The van der Waals surface area contributed by atoms with Crippen LogP contribution >= 0.6 is 0 Å². The maximum Gasteiger partial charge on any atom is 0.406 e. The van der Waals surface area contributed by atoms with E-state index in [1.807, 2.05) is 30.3 Å². The third-order valence-corrected chi connectivity index (χ3v) is 1.40. The molecule has 0 atom stereocenters. The van der Waals surface area contributed by atoms with Crippen LogP contribution in [-0.4, -0.2) is 12.9 Å². The van der Waals surface area contributed by atoms with Gasteiger partial charge in [-0.2, -0.15) is 0 Å². The first-order chi connectivity index (χ1) is 6.29. The van der Waals surface area contributed by atoms with Crippen LogP contribution in [-0.2, 0) is 16.1 Å². The Balaban J connectivity index is 2.17. The molecule has 2 N–H and O–H groups in total. The molecule has 0 aliphatic rings. The van der Waals surface area contributed by atoms with Gasteiger partial charge in [0.15, 0.2) is 6.79 Å². The molecule has 0 fully saturated rings. The number of nitrogens with two attached hydrogens (primary N) is 1. The van der Waals surface area contributed by atoms with Crippen molar-refractivity contribution in [2.24, 2.45) is 5.73 Å². The van der Waals surface area contributed by atoms with E-state index in [1.54, 1.807) is 0 Å². The third-order valence-electron chi connectivity index (χ3n) is 1.40. The first-order valence-electron chi connectivity index (χ1n) is 3.83. The van der Waals surface area contributed by atoms with Crippen molar-refractivity contribution in [1.82, 2.24) is 0 Å². The zero-order valence-electron chi connectivity index (χ0n) is 7.10. The Morgan fingerprint density at radius 1 is 1.31 bits per heavy atom. The summed E-state index contributed by atoms with van der Waals surface area (Å²) in [6.07, 6.45) is -0.826. The maximum absolute atomic E-state index is 10.1. The minimum absolute atomic E-state index is 0.107. The van der Waals surface area contributed by atoms with Crippen molar-refractivity contribution in [3.8, 4) is 0 Å². The number of benzene rings is 1. The van der Waals surface area contributed by atoms with Gasteiger partial charge < -0.3 is 15.2 Å². The maximum atomic E-state index is 10.1. The number of primary amides is 1. The van der Waals surface area contributed by atoms with Crippen molar-refractivity contribution in [2.75, 3.05) is 6.79 Å². The first kappa shape index (κ1) is 9.54. The molecular formula is C9H11NO3. The van der Waals surface area contributed by atoms with E-state index in [4.69, 9.17) is 10.5 Å². The van der Waals surface area contributed by atoms with E-state index in [0.29, 0.717) is 6.61 Å². The molecule has 4 heteroatoms. The first-order valence-corrected chi connectivity index (χ1v) is 3.83. The van der Waals surface area contributed by atoms with Crippen LogP contribution < -0.4 is 5.73 Å². The molecule has 0 aliphatic heterocycles. The lowest BCUT2D eigenvalue weighted by atomic mass is 10.2. The smallest absolute Gasteiger partial charge is 0.406 e. The van der Waals surface area contributed by atoms with Crippen molar-refractivity contribution in [2.45, 2.75) is 6.61 Å². The van der Waals surface area contributed by atoms with Crippen LogP contribution in [0.15, 0.2) is 30.3 Å². The monoisotopic (exact) mass is 181 g/mol. The lowest BCUT2D eigenvalue weighted by Gasteiger charge is -2.03. The van der Waals surface area contributed by atoms with Gasteiger partial charge in [0.05, 0.1) is 6.61 Å². The van der Waals surface area contributed by atoms with Gasteiger partial charge >= 0.3 is 6.09 Å². The standard InChI is InChI=1S/C9H11NO3/c10-9(11)13-7-12-6-8-4-2-1-3-5-8/h1-5H,6-7H2,(H2,10,11). The number of rotatable bonds is 4. The molecule has 0 aromatic heterocycles. The quantitative estimate of drug-likeness (QED) is 0.561. The van der Waals surface area contributed by atoms with Crippen LogP contribution in [0, 0.1) is 0 Å². The summed E-state index contributed by atoms with van der Waals surface area (Å²) in [5.41, 5.74) is 5.75. The van der Waals surface area contributed by atoms with Crippen LogP contribution in [0.5, 0.6) is 0 Å². The lowest BCUT2D eigenvalue weighted by Crippen LogP contribution is -2.15. The van der Waals surface area contributed by atoms with Crippen LogP contribution in [0.1, 0.15) is 5.56 Å². The van der Waals surface area contributed by atoms with Gasteiger partial charge in [0.2, 0.25) is 0 Å². The fourth-order valence-corrected chi connectivity index (χ4v) is 0.833. The molecule has 0 saturated heterocycles. The number of ether oxygens (including phenoxy) is 2. The Kier molecular flexibility index (Phi) is 3.78. The van der Waals surface area contributed by atoms with Gasteiger partial charge in [0.25, 0.3) is 0 Å². The number of hydrogen-bond acceptors (Lipinski definition) is 3. The number of carbonyl (C=O) groups is 1. The summed E-state index contributed by atoms with van der Waals surface area (Å²) in [6, 6.07) is 9.58. The highest BCUT2D eigenvalue weighted by Gasteiger charge is 1.93. The number of carbonyl (C=O) groups excluding carboxylic acids is 1. The topological polar surface area (TPSA) is 61.6 Å². The van der Waals surface area contributed by atoms with Gasteiger partial charge in [-0.1, -0.05) is 30.3 Å². The SMILES string of the molecule is NC(=O)OCOCc1ccccc1. The predicted molar refractivity (Wildman–Crippen MR) is 46.8 cm³/mol. The summed E-state index contributed by atoms with van der Waals surface area (Å²) in [5.74, 6) is 0. The predicted octanol–water partition coefficient (Wildman–Crippen LogP) is 1.26. The van der Waals surface area contributed by atoms with Crippen molar-refractivity contribution in [3.05, 3.63) is 35.9 Å². The van der Waals surface area contributed by atoms with Gasteiger partial charge in [0.1, 0.15) is 0 Å². The van der Waals surface area contributed by atoms with Crippen molar-refractivity contribution >= 4 is 6.09 Å². The van der Waals surface area contributed by atoms with Crippen LogP contribution in [0.2, 0.25) is 0 Å². The minimum atomic E-state index is -0.826. The molecule has 0 bridgehead atoms. The zero-order chi connectivity index (χ0) is 9.52. The molecule has 4 nitrogen and oxygen atoms in total. The van der Waals surface area contributed by atoms with Crippen molar-refractivity contribution in [1.29, 1.82) is 0 Å². The van der Waals surface area contributed by atoms with Crippen LogP contribution in [0.3, 0.4) is 0 Å². The Labute approximate surface area is 76.3 Å². The lowest BCUT2D eigenvalue weighted by molar-refractivity contribution is -0.0205. The normalized spacial score (nSPS) is 9.54. The zero-order valence-corrected chi connectivity index (χ0v) is 7.10. The van der Waals surface area contributed by atoms with Crippen molar-refractivity contribution < 1.29 is 14.3 Å². The summed E-state index contributed by atoms with van der Waals surface area (Å²) in [4.78, 5) is 10.1. The number of hydrogen-bond donors (Lipinski definition) is 1. The van der Waals surface area contributed by atoms with Crippen LogP contribution in [0.25, 0.3) is 0 Å². The summed E-state index contributed by atoms with van der Waals surface area (Å²) in [7, 11) is 0. The average Bonchev–Trinajstić information content (AvgIpc) is 2.14. The van der Waals surface area contributed by atoms with Gasteiger partial charge in [-0.25, -0.2) is 4.79 Å². The second kappa shape index (κ2) is 5.16. The van der Waals surface area contributed by atoms with Gasteiger partial charge in [-0.05, 0) is 5.56 Å². The van der Waals surface area contributed by atoms with E-state index < -0.39 is 6.09 Å². The largest absolute Gasteiger partial charge is 0.422 e. The molecular weight excluding hydrogens is 170 g/mol. The minimum Gasteiger partial charge on any atom is -0.422 e. The second-order valence-corrected chi connectivity index (χ2v) is 2.42. The molecule has 0 heterocycles. The highest BCUT2D eigenvalue weighted by Crippen LogP contribution is 1.99. The second-order valence-electron chi connectivity index (χ2n) is 2.42. The van der Waals surface area contributed by atoms with Gasteiger partial charge in [0, 0.05) is 0 Å². The highest BCUT2D eigenvalue weighted by molar-refractivity contribution is 5.64. The Morgan fingerprint density at radius 2 is 2.00 bits per heavy atom. The molecule has 1 aromatic rings. The van der Waals surface area contributed by atoms with Crippen LogP contribution in [0.4, 0.5) is 4.79 Å². The Morgan fingerprint density at radius 3 is 2.62 bits per heavy atom. The summed E-state index contributed by atoms with van der Waals surface area (Å²) in [6.45, 7) is 0.304. The molecule has 0 aliphatic carbocycles. The molecule has 0 radical (unpaired) electrons. The van der Waals surface area contributed by atoms with E-state index >= 15 is 0 Å². The molecule has 0 unspecified atom stereocenters. The van der Waals surface area contributed by atoms with E-state index in [1.165, 1.54) is 0 Å². The molecule has 1 amide bonds. The fourth-order valence-electron chi connectivity index (χ4n) is 0.833. The molecule has 1 aromatic carbocycles. The van der Waals surface area contributed by atoms with E-state index in [2.05, 4.69) is 4.74 Å². The highest BCUT2D eigenvalue weighted by atomic mass is 16.7. The average molecular weight is 181 g/mol. The molecule has 13 heavy (non-hydrogen) atoms. The number of amides is 1. The summed E-state index contributed by atoms with van der Waals surface area (Å²) >= 11 is 0. The molecule has 0 spiro atoms. The van der Waals surface area contributed by atoms with Crippen molar-refractivity contribution in [3.63, 3.8) is 0 Å². The van der Waals surface area contributed by atoms with E-state index in [-0.39, 0.29) is 6.79 Å². The van der Waals surface area contributed by atoms with E-state index in [9.17, 15) is 4.79 Å². The molecule has 1 rings (SSSR count). The van der Waals surface area contributed by atoms with E-state index in [0.717, 1.165) is 5.56 Å². The Hall–Kier alpha value is -1.55. The Bertz CT molecular complexity index is 261. The third kappa shape index (κ3) is 4.12. The van der Waals surface area contributed by atoms with Gasteiger partial charge in [-0.15, -0.1) is 0 Å². The molecule has 0 saturated carbocycles. The van der Waals surface area contributed by atoms with Gasteiger partial charge in [-0.3, -0.25) is 0 Å². The summed E-state index contributed by atoms with van der Waals surface area (Å²) in [5, 5.41) is 0.